The van der Waals surface area contributed by atoms with Crippen LogP contribution in [0.25, 0.3) is 0 Å². The van der Waals surface area contributed by atoms with E-state index in [2.05, 4.69) is 49.0 Å². The monoisotopic (exact) mass is 364 g/mol. The fourth-order valence-corrected chi connectivity index (χ4v) is 2.66. The Morgan fingerprint density at radius 1 is 1.44 bits per heavy atom. The van der Waals surface area contributed by atoms with Crippen molar-refractivity contribution >= 4 is 35.6 Å². The van der Waals surface area contributed by atoms with Crippen molar-refractivity contribution in [3.05, 3.63) is 41.2 Å². The molecular formula is C17H24N4O3S. The van der Waals surface area contributed by atoms with Gasteiger partial charge in [-0.25, -0.2) is 5.21 Å². The largest absolute Gasteiger partial charge is 0.595 e. The van der Waals surface area contributed by atoms with Crippen LogP contribution in [0.4, 0.5) is 11.4 Å². The molecule has 0 fully saturated rings. The van der Waals surface area contributed by atoms with Gasteiger partial charge in [-0.2, -0.15) is 5.23 Å². The second kappa shape index (κ2) is 8.01. The van der Waals surface area contributed by atoms with Crippen molar-refractivity contribution in [3.63, 3.8) is 0 Å². The molecule has 0 saturated carbocycles. The molecule has 0 radical (unpaired) electrons. The molecule has 1 aliphatic rings. The van der Waals surface area contributed by atoms with E-state index in [1.807, 2.05) is 6.08 Å². The summed E-state index contributed by atoms with van der Waals surface area (Å²) in [6, 6.07) is 6.34. The van der Waals surface area contributed by atoms with Crippen LogP contribution in [0.15, 0.2) is 41.0 Å². The number of rotatable bonds is 5. The highest BCUT2D eigenvalue weighted by Crippen LogP contribution is 2.23. The molecule has 1 aromatic carbocycles. The minimum absolute atomic E-state index is 0.0726. The molecule has 8 heteroatoms. The Morgan fingerprint density at radius 2 is 2.12 bits per heavy atom. The maximum absolute atomic E-state index is 12.2. The van der Waals surface area contributed by atoms with Crippen molar-refractivity contribution in [2.24, 2.45) is 10.4 Å². The normalized spacial score (nSPS) is 18.7. The van der Waals surface area contributed by atoms with E-state index in [0.29, 0.717) is 12.1 Å². The number of nitrogens with one attached hydrogen (secondary N) is 3. The van der Waals surface area contributed by atoms with E-state index >= 15 is 0 Å². The van der Waals surface area contributed by atoms with E-state index in [0.717, 1.165) is 11.4 Å². The van der Waals surface area contributed by atoms with Crippen LogP contribution in [0, 0.1) is 10.6 Å². The van der Waals surface area contributed by atoms with Gasteiger partial charge in [-0.3, -0.25) is 9.79 Å². The van der Waals surface area contributed by atoms with Gasteiger partial charge in [-0.05, 0) is 18.6 Å². The number of allylic oxidation sites excluding steroid dienone is 2. The van der Waals surface area contributed by atoms with Gasteiger partial charge in [0.25, 0.3) is 0 Å². The van der Waals surface area contributed by atoms with Crippen molar-refractivity contribution < 1.29 is 15.2 Å². The van der Waals surface area contributed by atoms with Gasteiger partial charge in [0.15, 0.2) is 11.2 Å². The highest BCUT2D eigenvalue weighted by Gasteiger charge is 2.22. The molecule has 0 aromatic heterocycles. The quantitative estimate of drug-likeness (QED) is 0.407. The Balaban J connectivity index is 1.99. The summed E-state index contributed by atoms with van der Waals surface area (Å²) in [5, 5.41) is 25.1. The molecule has 1 heterocycles. The minimum atomic E-state index is -1.07. The van der Waals surface area contributed by atoms with Crippen molar-refractivity contribution in [2.45, 2.75) is 39.1 Å². The first-order valence-corrected chi connectivity index (χ1v) is 8.54. The number of quaternary nitrogens is 1. The topological polar surface area (TPSA) is 101 Å². The summed E-state index contributed by atoms with van der Waals surface area (Å²) in [5.74, 6) is -0.244. The van der Waals surface area contributed by atoms with Crippen LogP contribution >= 0.6 is 12.6 Å². The third-order valence-corrected chi connectivity index (χ3v) is 3.95. The van der Waals surface area contributed by atoms with Gasteiger partial charge in [0.2, 0.25) is 5.91 Å². The van der Waals surface area contributed by atoms with Gasteiger partial charge in [-0.15, -0.1) is 12.6 Å². The van der Waals surface area contributed by atoms with Crippen molar-refractivity contribution in [2.75, 3.05) is 5.32 Å². The second-order valence-electron chi connectivity index (χ2n) is 6.85. The summed E-state index contributed by atoms with van der Waals surface area (Å²) in [4.78, 5) is 16.6. The SMILES string of the molecule is CC(C)(C)C1=NC(S)NC(CCC(=O)Nc2ccccc2[NH+]([O-])O)=C1. The molecule has 0 saturated heterocycles. The number of benzene rings is 1. The number of thiol groups is 1. The predicted octanol–water partition coefficient (Wildman–Crippen LogP) is 2.00. The molecule has 25 heavy (non-hydrogen) atoms. The maximum atomic E-state index is 12.2. The molecule has 2 unspecified atom stereocenters. The third kappa shape index (κ3) is 5.57. The molecule has 1 aliphatic heterocycles. The number of amides is 1. The van der Waals surface area contributed by atoms with Gasteiger partial charge >= 0.3 is 0 Å². The fraction of sp³-hybridized carbons (Fsp3) is 0.412. The molecule has 1 aromatic rings. The number of carbonyl (C=O) groups excluding carboxylic acids is 1. The lowest BCUT2D eigenvalue weighted by Gasteiger charge is -2.27. The van der Waals surface area contributed by atoms with E-state index in [1.54, 1.807) is 18.2 Å². The van der Waals surface area contributed by atoms with Crippen LogP contribution in [0.1, 0.15) is 33.6 Å². The van der Waals surface area contributed by atoms with Crippen LogP contribution in [0.5, 0.6) is 0 Å². The minimum Gasteiger partial charge on any atom is -0.595 e. The molecule has 0 aliphatic carbocycles. The Labute approximate surface area is 152 Å². The molecule has 4 N–H and O–H groups in total. The smallest absolute Gasteiger partial charge is 0.224 e. The highest BCUT2D eigenvalue weighted by molar-refractivity contribution is 7.80. The maximum Gasteiger partial charge on any atom is 0.224 e. The average molecular weight is 364 g/mol. The average Bonchev–Trinajstić information content (AvgIpc) is 2.52. The first-order valence-electron chi connectivity index (χ1n) is 8.02. The summed E-state index contributed by atoms with van der Waals surface area (Å²) >= 11 is 4.37. The first-order chi connectivity index (χ1) is 11.7. The predicted molar refractivity (Wildman–Crippen MR) is 101 cm³/mol. The van der Waals surface area contributed by atoms with Gasteiger partial charge in [-0.1, -0.05) is 32.9 Å². The van der Waals surface area contributed by atoms with Crippen LogP contribution in [-0.2, 0) is 4.79 Å². The number of para-hydroxylation sites is 2. The fourth-order valence-electron chi connectivity index (χ4n) is 2.37. The van der Waals surface area contributed by atoms with E-state index in [4.69, 9.17) is 5.21 Å². The number of carbonyl (C=O) groups is 1. The van der Waals surface area contributed by atoms with Gasteiger partial charge in [0.05, 0.1) is 0 Å². The van der Waals surface area contributed by atoms with Crippen molar-refractivity contribution in [3.8, 4) is 0 Å². The third-order valence-electron chi connectivity index (χ3n) is 3.71. The molecule has 136 valence electrons. The van der Waals surface area contributed by atoms with E-state index in [1.165, 1.54) is 6.07 Å². The summed E-state index contributed by atoms with van der Waals surface area (Å²) in [6.07, 6.45) is 2.67. The molecule has 1 amide bonds. The number of nitrogens with zero attached hydrogens (tertiary/aromatic N) is 1. The standard InChI is InChI=1S/C17H24N4O3S/c1-17(2,3)14-10-11(18-16(25)20-14)8-9-15(22)19-12-6-4-5-7-13(12)21(23)24/h4-7,10,16,18,21,23,25H,8-9H2,1-3H3,(H,19,22). The number of hydrogen-bond acceptors (Lipinski definition) is 6. The zero-order valence-corrected chi connectivity index (χ0v) is 15.4. The Kier molecular flexibility index (Phi) is 6.23. The summed E-state index contributed by atoms with van der Waals surface area (Å²) in [5.41, 5.74) is 1.76. The number of hydrogen-bond donors (Lipinski definition) is 5. The van der Waals surface area contributed by atoms with E-state index < -0.39 is 5.23 Å². The molecule has 0 spiro atoms. The summed E-state index contributed by atoms with van der Waals surface area (Å²) < 4.78 is 0. The zero-order chi connectivity index (χ0) is 18.6. The Morgan fingerprint density at radius 3 is 2.76 bits per heavy atom. The Hall–Kier alpha value is -1.87. The Bertz CT molecular complexity index is 695. The molecule has 2 atom stereocenters. The summed E-state index contributed by atoms with van der Waals surface area (Å²) in [6.45, 7) is 6.21. The first kappa shape index (κ1) is 19.5. The molecule has 2 rings (SSSR count). The van der Waals surface area contributed by atoms with Crippen molar-refractivity contribution in [1.29, 1.82) is 0 Å². The highest BCUT2D eigenvalue weighted by atomic mass is 32.1. The molecule has 0 bridgehead atoms. The van der Waals surface area contributed by atoms with E-state index in [9.17, 15) is 10.0 Å². The molecular weight excluding hydrogens is 340 g/mol. The van der Waals surface area contributed by atoms with Crippen LogP contribution in [0.2, 0.25) is 0 Å². The number of anilines is 1. The van der Waals surface area contributed by atoms with Gasteiger partial charge in [0.1, 0.15) is 5.69 Å². The lowest BCUT2D eigenvalue weighted by molar-refractivity contribution is -0.990. The van der Waals surface area contributed by atoms with Crippen LogP contribution in [0.3, 0.4) is 0 Å². The zero-order valence-electron chi connectivity index (χ0n) is 14.5. The lowest BCUT2D eigenvalue weighted by Crippen LogP contribution is -2.99. The lowest BCUT2D eigenvalue weighted by atomic mass is 9.88. The number of aliphatic imine (C=N–C) groups is 1. The van der Waals surface area contributed by atoms with Crippen LogP contribution in [-0.4, -0.2) is 22.3 Å². The second-order valence-corrected chi connectivity index (χ2v) is 7.34. The van der Waals surface area contributed by atoms with Gasteiger partial charge in [0, 0.05) is 29.3 Å². The van der Waals surface area contributed by atoms with Crippen LogP contribution < -0.4 is 15.9 Å². The van der Waals surface area contributed by atoms with Gasteiger partial charge < -0.3 is 15.8 Å². The van der Waals surface area contributed by atoms with Crippen molar-refractivity contribution in [1.82, 2.24) is 5.32 Å². The summed E-state index contributed by atoms with van der Waals surface area (Å²) in [7, 11) is 0. The van der Waals surface area contributed by atoms with E-state index in [-0.39, 0.29) is 28.9 Å². The molecule has 7 nitrogen and oxygen atoms in total.